The van der Waals surface area contributed by atoms with Crippen molar-refractivity contribution in [2.75, 3.05) is 44.6 Å². The lowest BCUT2D eigenvalue weighted by molar-refractivity contribution is 0.138. The lowest BCUT2D eigenvalue weighted by Gasteiger charge is -2.34. The van der Waals surface area contributed by atoms with Crippen molar-refractivity contribution in [1.29, 1.82) is 0 Å². The molecule has 3 rings (SSSR count). The number of nitrogens with one attached hydrogen (secondary N) is 1. The van der Waals surface area contributed by atoms with E-state index in [4.69, 9.17) is 0 Å². The molecule has 5 heteroatoms. The Kier molecular flexibility index (Phi) is 8.51. The number of aryl methyl sites for hydroxylation is 1. The van der Waals surface area contributed by atoms with E-state index < -0.39 is 0 Å². The fourth-order valence-electron chi connectivity index (χ4n) is 3.06. The molecule has 142 valence electrons. The average Bonchev–Trinajstić information content (AvgIpc) is 2.69. The molecule has 1 aromatic heterocycles. The molecule has 1 saturated heterocycles. The van der Waals surface area contributed by atoms with Crippen LogP contribution in [0.2, 0.25) is 0 Å². The third-order valence-corrected chi connectivity index (χ3v) is 4.61. The van der Waals surface area contributed by atoms with E-state index in [0.29, 0.717) is 5.95 Å². The predicted octanol–water partition coefficient (Wildman–Crippen LogP) is 3.73. The topological polar surface area (TPSA) is 44.3 Å². The highest BCUT2D eigenvalue weighted by atomic mass is 15.3. The van der Waals surface area contributed by atoms with Gasteiger partial charge in [-0.05, 0) is 43.7 Å². The molecule has 1 aliphatic heterocycles. The summed E-state index contributed by atoms with van der Waals surface area (Å²) in [4.78, 5) is 13.7. The standard InChI is InChI=1S/C19H27N5.C2H6/c1-3-23-11-13-24(14-12-23)10-8-17-5-4-6-18(15-17)22-19-20-9-7-16(2)21-19;1-2/h4-7,9,15H,3,8,10-14H2,1-2H3,(H,20,21,22);1-2H3. The Bertz CT molecular complexity index is 650. The van der Waals surface area contributed by atoms with Crippen LogP contribution in [-0.4, -0.2) is 59.0 Å². The second-order valence-electron chi connectivity index (χ2n) is 6.37. The minimum Gasteiger partial charge on any atom is -0.324 e. The Balaban J connectivity index is 0.00000117. The maximum Gasteiger partial charge on any atom is 0.227 e. The molecule has 2 aromatic rings. The third-order valence-electron chi connectivity index (χ3n) is 4.61. The summed E-state index contributed by atoms with van der Waals surface area (Å²) in [7, 11) is 0. The van der Waals surface area contributed by atoms with Crippen LogP contribution < -0.4 is 5.32 Å². The monoisotopic (exact) mass is 355 g/mol. The molecule has 1 N–H and O–H groups in total. The fourth-order valence-corrected chi connectivity index (χ4v) is 3.06. The minimum absolute atomic E-state index is 0.655. The zero-order chi connectivity index (χ0) is 18.8. The van der Waals surface area contributed by atoms with Crippen LogP contribution in [0, 0.1) is 6.92 Å². The molecule has 0 saturated carbocycles. The normalized spacial score (nSPS) is 15.2. The quantitative estimate of drug-likeness (QED) is 0.855. The van der Waals surface area contributed by atoms with Gasteiger partial charge >= 0.3 is 0 Å². The van der Waals surface area contributed by atoms with Crippen LogP contribution in [0.15, 0.2) is 36.5 Å². The highest BCUT2D eigenvalue weighted by Crippen LogP contribution is 2.16. The molecule has 1 fully saturated rings. The molecule has 0 amide bonds. The van der Waals surface area contributed by atoms with Crippen molar-refractivity contribution in [3.8, 4) is 0 Å². The number of aromatic nitrogens is 2. The summed E-state index contributed by atoms with van der Waals surface area (Å²) in [5.74, 6) is 0.655. The van der Waals surface area contributed by atoms with Crippen molar-refractivity contribution in [2.24, 2.45) is 0 Å². The molecule has 0 spiro atoms. The van der Waals surface area contributed by atoms with Crippen LogP contribution in [0.3, 0.4) is 0 Å². The summed E-state index contributed by atoms with van der Waals surface area (Å²) in [6.45, 7) is 15.3. The van der Waals surface area contributed by atoms with Crippen LogP contribution in [0.25, 0.3) is 0 Å². The molecule has 0 atom stereocenters. The summed E-state index contributed by atoms with van der Waals surface area (Å²) >= 11 is 0. The van der Waals surface area contributed by atoms with E-state index in [-0.39, 0.29) is 0 Å². The number of anilines is 2. The number of hydrogen-bond donors (Lipinski definition) is 1. The zero-order valence-electron chi connectivity index (χ0n) is 16.7. The zero-order valence-corrected chi connectivity index (χ0v) is 16.7. The van der Waals surface area contributed by atoms with Crippen LogP contribution in [0.5, 0.6) is 0 Å². The Labute approximate surface area is 158 Å². The fraction of sp³-hybridized carbons (Fsp3) is 0.524. The molecule has 0 radical (unpaired) electrons. The maximum absolute atomic E-state index is 4.40. The first-order valence-corrected chi connectivity index (χ1v) is 9.83. The van der Waals surface area contributed by atoms with Crippen molar-refractivity contribution in [3.05, 3.63) is 47.8 Å². The predicted molar refractivity (Wildman–Crippen MR) is 110 cm³/mol. The van der Waals surface area contributed by atoms with Gasteiger partial charge in [-0.2, -0.15) is 0 Å². The number of benzene rings is 1. The molecule has 1 aromatic carbocycles. The minimum atomic E-state index is 0.655. The molecule has 0 aliphatic carbocycles. The molecular formula is C21H33N5. The van der Waals surface area contributed by atoms with E-state index in [0.717, 1.165) is 24.3 Å². The van der Waals surface area contributed by atoms with E-state index >= 15 is 0 Å². The van der Waals surface area contributed by atoms with Gasteiger partial charge in [0, 0.05) is 50.3 Å². The van der Waals surface area contributed by atoms with Crippen molar-refractivity contribution < 1.29 is 0 Å². The summed E-state index contributed by atoms with van der Waals surface area (Å²) in [6, 6.07) is 10.5. The van der Waals surface area contributed by atoms with Gasteiger partial charge in [-0.25, -0.2) is 9.97 Å². The largest absolute Gasteiger partial charge is 0.324 e. The van der Waals surface area contributed by atoms with Crippen LogP contribution in [0.4, 0.5) is 11.6 Å². The van der Waals surface area contributed by atoms with E-state index in [1.807, 2.05) is 26.8 Å². The Morgan fingerprint density at radius 1 is 1.04 bits per heavy atom. The van der Waals surface area contributed by atoms with Gasteiger partial charge in [-0.15, -0.1) is 0 Å². The molecule has 1 aliphatic rings. The summed E-state index contributed by atoms with van der Waals surface area (Å²) < 4.78 is 0. The third kappa shape index (κ3) is 6.39. The molecular weight excluding hydrogens is 322 g/mol. The SMILES string of the molecule is CC.CCN1CCN(CCc2cccc(Nc3nccc(C)n3)c2)CC1. The second kappa shape index (κ2) is 10.9. The first kappa shape index (κ1) is 20.3. The molecule has 0 bridgehead atoms. The van der Waals surface area contributed by atoms with Gasteiger partial charge in [0.15, 0.2) is 0 Å². The van der Waals surface area contributed by atoms with Gasteiger partial charge in [0.2, 0.25) is 5.95 Å². The summed E-state index contributed by atoms with van der Waals surface area (Å²) in [5, 5.41) is 3.29. The number of likely N-dealkylation sites (N-methyl/N-ethyl adjacent to an activating group) is 1. The first-order valence-electron chi connectivity index (χ1n) is 9.83. The highest BCUT2D eigenvalue weighted by Gasteiger charge is 2.14. The number of nitrogens with zero attached hydrogens (tertiary/aromatic N) is 4. The Hall–Kier alpha value is -1.98. The lowest BCUT2D eigenvalue weighted by Crippen LogP contribution is -2.46. The van der Waals surface area contributed by atoms with Crippen molar-refractivity contribution in [1.82, 2.24) is 19.8 Å². The van der Waals surface area contributed by atoms with Crippen LogP contribution in [-0.2, 0) is 6.42 Å². The van der Waals surface area contributed by atoms with Gasteiger partial charge in [-0.3, -0.25) is 0 Å². The van der Waals surface area contributed by atoms with E-state index in [1.165, 1.54) is 38.3 Å². The molecule has 5 nitrogen and oxygen atoms in total. The Morgan fingerprint density at radius 2 is 1.77 bits per heavy atom. The van der Waals surface area contributed by atoms with Gasteiger partial charge in [0.1, 0.15) is 0 Å². The second-order valence-corrected chi connectivity index (χ2v) is 6.37. The van der Waals surface area contributed by atoms with E-state index in [2.05, 4.69) is 56.3 Å². The number of hydrogen-bond acceptors (Lipinski definition) is 5. The van der Waals surface area contributed by atoms with Crippen molar-refractivity contribution in [2.45, 2.75) is 34.1 Å². The number of piperazine rings is 1. The van der Waals surface area contributed by atoms with E-state index in [9.17, 15) is 0 Å². The van der Waals surface area contributed by atoms with Crippen LogP contribution >= 0.6 is 0 Å². The van der Waals surface area contributed by atoms with E-state index in [1.54, 1.807) is 6.20 Å². The van der Waals surface area contributed by atoms with Crippen molar-refractivity contribution >= 4 is 11.6 Å². The first-order chi connectivity index (χ1) is 12.7. The molecule has 2 heterocycles. The summed E-state index contributed by atoms with van der Waals surface area (Å²) in [6.07, 6.45) is 2.86. The average molecular weight is 356 g/mol. The van der Waals surface area contributed by atoms with Crippen molar-refractivity contribution in [3.63, 3.8) is 0 Å². The van der Waals surface area contributed by atoms with Gasteiger partial charge < -0.3 is 15.1 Å². The van der Waals surface area contributed by atoms with Gasteiger partial charge in [0.25, 0.3) is 0 Å². The number of rotatable bonds is 6. The smallest absolute Gasteiger partial charge is 0.227 e. The maximum atomic E-state index is 4.40. The Morgan fingerprint density at radius 3 is 2.46 bits per heavy atom. The molecule has 0 unspecified atom stereocenters. The van der Waals surface area contributed by atoms with Gasteiger partial charge in [0.05, 0.1) is 0 Å². The summed E-state index contributed by atoms with van der Waals surface area (Å²) in [5.41, 5.74) is 3.37. The van der Waals surface area contributed by atoms with Gasteiger partial charge in [-0.1, -0.05) is 32.9 Å². The molecule has 26 heavy (non-hydrogen) atoms. The highest BCUT2D eigenvalue weighted by molar-refractivity contribution is 5.54. The lowest BCUT2D eigenvalue weighted by atomic mass is 10.1. The van der Waals surface area contributed by atoms with Crippen LogP contribution in [0.1, 0.15) is 32.0 Å².